The number of nitrogens with zero attached hydrogens (tertiary/aromatic N) is 2. The molecule has 0 spiro atoms. The highest BCUT2D eigenvalue weighted by Crippen LogP contribution is 2.37. The average molecular weight is 265 g/mol. The molecule has 4 heteroatoms. The van der Waals surface area contributed by atoms with Gasteiger partial charge in [0.1, 0.15) is 5.01 Å². The van der Waals surface area contributed by atoms with Crippen LogP contribution in [0.2, 0.25) is 0 Å². The van der Waals surface area contributed by atoms with Crippen LogP contribution in [-0.4, -0.2) is 29.5 Å². The highest BCUT2D eigenvalue weighted by molar-refractivity contribution is 7.12. The Balaban J connectivity index is 1.71. The Hall–Kier alpha value is -0.450. The first-order chi connectivity index (χ1) is 8.71. The fourth-order valence-electron chi connectivity index (χ4n) is 3.11. The van der Waals surface area contributed by atoms with E-state index in [-0.39, 0.29) is 5.54 Å². The fourth-order valence-corrected chi connectivity index (χ4v) is 4.42. The summed E-state index contributed by atoms with van der Waals surface area (Å²) in [4.78, 5) is 8.87. The van der Waals surface area contributed by atoms with Gasteiger partial charge in [0.15, 0.2) is 0 Å². The van der Waals surface area contributed by atoms with Crippen LogP contribution in [0.15, 0.2) is 0 Å². The molecule has 0 saturated carbocycles. The molecule has 0 atom stereocenters. The van der Waals surface area contributed by atoms with Crippen molar-refractivity contribution in [1.29, 1.82) is 0 Å². The molecule has 1 aliphatic heterocycles. The third-order valence-corrected chi connectivity index (χ3v) is 5.69. The smallest absolute Gasteiger partial charge is 0.113 e. The fraction of sp³-hybridized carbons (Fsp3) is 0.786. The zero-order chi connectivity index (χ0) is 12.6. The van der Waals surface area contributed by atoms with Crippen LogP contribution in [0, 0.1) is 0 Å². The molecule has 2 N–H and O–H groups in total. The van der Waals surface area contributed by atoms with Crippen LogP contribution in [0.5, 0.6) is 0 Å². The van der Waals surface area contributed by atoms with Crippen LogP contribution in [0.3, 0.4) is 0 Å². The van der Waals surface area contributed by atoms with Gasteiger partial charge >= 0.3 is 0 Å². The number of fused-ring (bicyclic) bond motifs is 1. The van der Waals surface area contributed by atoms with Gasteiger partial charge in [0.05, 0.1) is 11.2 Å². The Labute approximate surface area is 113 Å². The first-order valence-corrected chi connectivity index (χ1v) is 8.03. The summed E-state index contributed by atoms with van der Waals surface area (Å²) in [7, 11) is 0. The summed E-state index contributed by atoms with van der Waals surface area (Å²) in [6.45, 7) is 5.73. The molecular weight excluding hydrogens is 242 g/mol. The molecule has 3 rings (SSSR count). The quantitative estimate of drug-likeness (QED) is 0.912. The van der Waals surface area contributed by atoms with E-state index >= 15 is 0 Å². The van der Waals surface area contributed by atoms with Crippen LogP contribution in [-0.2, 0) is 18.4 Å². The number of nitrogens with two attached hydrogens (primary N) is 1. The van der Waals surface area contributed by atoms with Crippen molar-refractivity contribution in [3.63, 3.8) is 0 Å². The van der Waals surface area contributed by atoms with Gasteiger partial charge in [-0.3, -0.25) is 0 Å². The number of hydrogen-bond donors (Lipinski definition) is 1. The lowest BCUT2D eigenvalue weighted by Crippen LogP contribution is -2.48. The van der Waals surface area contributed by atoms with Crippen molar-refractivity contribution < 1.29 is 0 Å². The summed E-state index contributed by atoms with van der Waals surface area (Å²) in [5.41, 5.74) is 7.82. The number of thiazole rings is 1. The Morgan fingerprint density at radius 3 is 2.78 bits per heavy atom. The summed E-state index contributed by atoms with van der Waals surface area (Å²) in [5, 5.41) is 1.21. The molecule has 0 radical (unpaired) electrons. The second kappa shape index (κ2) is 4.91. The van der Waals surface area contributed by atoms with Crippen molar-refractivity contribution in [1.82, 2.24) is 9.88 Å². The average Bonchev–Trinajstić information content (AvgIpc) is 2.93. The van der Waals surface area contributed by atoms with Crippen LogP contribution >= 0.6 is 11.3 Å². The van der Waals surface area contributed by atoms with Gasteiger partial charge in [-0.25, -0.2) is 4.98 Å². The number of likely N-dealkylation sites (tertiary alicyclic amines) is 1. The maximum atomic E-state index is 6.62. The summed E-state index contributed by atoms with van der Waals surface area (Å²) >= 11 is 1.89. The topological polar surface area (TPSA) is 42.1 Å². The monoisotopic (exact) mass is 265 g/mol. The largest absolute Gasteiger partial charge is 0.319 e. The molecule has 100 valence electrons. The Morgan fingerprint density at radius 1 is 1.33 bits per heavy atom. The molecule has 2 heterocycles. The van der Waals surface area contributed by atoms with Gasteiger partial charge < -0.3 is 10.6 Å². The van der Waals surface area contributed by atoms with Crippen LogP contribution in [0.4, 0.5) is 0 Å². The minimum Gasteiger partial charge on any atom is -0.319 e. The Morgan fingerprint density at radius 2 is 2.11 bits per heavy atom. The summed E-state index contributed by atoms with van der Waals surface area (Å²) < 4.78 is 0. The van der Waals surface area contributed by atoms with E-state index in [9.17, 15) is 0 Å². The van der Waals surface area contributed by atoms with E-state index in [2.05, 4.69) is 11.8 Å². The third-order valence-electron chi connectivity index (χ3n) is 4.31. The van der Waals surface area contributed by atoms with E-state index < -0.39 is 0 Å². The maximum absolute atomic E-state index is 6.62. The highest BCUT2D eigenvalue weighted by Gasteiger charge is 2.36. The van der Waals surface area contributed by atoms with Gasteiger partial charge in [-0.05, 0) is 45.1 Å². The minimum absolute atomic E-state index is 0.140. The van der Waals surface area contributed by atoms with E-state index in [4.69, 9.17) is 10.7 Å². The molecule has 1 aliphatic carbocycles. The number of piperidine rings is 1. The van der Waals surface area contributed by atoms with Crippen LogP contribution < -0.4 is 5.73 Å². The lowest BCUT2D eigenvalue weighted by atomic mass is 9.89. The second-order valence-corrected chi connectivity index (χ2v) is 6.82. The van der Waals surface area contributed by atoms with Gasteiger partial charge in [0.25, 0.3) is 0 Å². The summed E-state index contributed by atoms with van der Waals surface area (Å²) in [6, 6.07) is 0. The first-order valence-electron chi connectivity index (χ1n) is 7.21. The van der Waals surface area contributed by atoms with E-state index in [1.165, 1.54) is 47.8 Å². The predicted molar refractivity (Wildman–Crippen MR) is 76.0 cm³/mol. The van der Waals surface area contributed by atoms with Gasteiger partial charge in [-0.2, -0.15) is 0 Å². The molecule has 1 saturated heterocycles. The third kappa shape index (κ3) is 2.22. The standard InChI is InChI=1S/C14H23N3S/c1-2-8-17-9-6-14(15,7-10-17)13-16-11-4-3-5-12(11)18-13/h2-10,15H2,1H3. The van der Waals surface area contributed by atoms with Crippen LogP contribution in [0.25, 0.3) is 0 Å². The van der Waals surface area contributed by atoms with Crippen molar-refractivity contribution in [2.24, 2.45) is 5.73 Å². The molecule has 2 aliphatic rings. The van der Waals surface area contributed by atoms with E-state index in [0.717, 1.165) is 25.9 Å². The molecular formula is C14H23N3S. The van der Waals surface area contributed by atoms with Gasteiger partial charge in [-0.15, -0.1) is 11.3 Å². The van der Waals surface area contributed by atoms with Crippen LogP contribution in [0.1, 0.15) is 48.2 Å². The number of aryl methyl sites for hydroxylation is 2. The van der Waals surface area contributed by atoms with Gasteiger partial charge in [0.2, 0.25) is 0 Å². The molecule has 0 bridgehead atoms. The zero-order valence-corrected chi connectivity index (χ0v) is 12.1. The molecule has 0 aromatic carbocycles. The molecule has 3 nitrogen and oxygen atoms in total. The van der Waals surface area contributed by atoms with Crippen molar-refractivity contribution in [2.45, 2.75) is 51.0 Å². The van der Waals surface area contributed by atoms with Crippen molar-refractivity contribution >= 4 is 11.3 Å². The molecule has 0 amide bonds. The number of rotatable bonds is 3. The lowest BCUT2D eigenvalue weighted by Gasteiger charge is -2.37. The Kier molecular flexibility index (Phi) is 3.43. The SMILES string of the molecule is CCCN1CCC(N)(c2nc3c(s2)CCC3)CC1. The lowest BCUT2D eigenvalue weighted by molar-refractivity contribution is 0.162. The Bertz CT molecular complexity index is 397. The number of hydrogen-bond acceptors (Lipinski definition) is 4. The minimum atomic E-state index is -0.140. The van der Waals surface area contributed by atoms with Gasteiger partial charge in [-0.1, -0.05) is 6.92 Å². The summed E-state index contributed by atoms with van der Waals surface area (Å²) in [6.07, 6.45) is 7.06. The van der Waals surface area contributed by atoms with Crippen molar-refractivity contribution in [3.05, 3.63) is 15.6 Å². The van der Waals surface area contributed by atoms with E-state index in [0.29, 0.717) is 0 Å². The molecule has 1 aromatic heterocycles. The first kappa shape index (κ1) is 12.6. The zero-order valence-electron chi connectivity index (χ0n) is 11.2. The van der Waals surface area contributed by atoms with E-state index in [1.807, 2.05) is 11.3 Å². The van der Waals surface area contributed by atoms with E-state index in [1.54, 1.807) is 0 Å². The molecule has 0 unspecified atom stereocenters. The van der Waals surface area contributed by atoms with Crippen molar-refractivity contribution in [3.8, 4) is 0 Å². The molecule has 1 aromatic rings. The maximum Gasteiger partial charge on any atom is 0.113 e. The van der Waals surface area contributed by atoms with Crippen molar-refractivity contribution in [2.75, 3.05) is 19.6 Å². The molecule has 18 heavy (non-hydrogen) atoms. The second-order valence-electron chi connectivity index (χ2n) is 5.74. The van der Waals surface area contributed by atoms with Gasteiger partial charge in [0, 0.05) is 18.0 Å². The highest BCUT2D eigenvalue weighted by atomic mass is 32.1. The predicted octanol–water partition coefficient (Wildman–Crippen LogP) is 2.29. The summed E-state index contributed by atoms with van der Waals surface area (Å²) in [5.74, 6) is 0. The normalized spacial score (nSPS) is 23.2. The molecule has 1 fully saturated rings. The number of aromatic nitrogens is 1.